The molecule has 0 bridgehead atoms. The minimum Gasteiger partial charge on any atom is -0.461 e. The second-order valence-electron chi connectivity index (χ2n) is 6.98. The zero-order chi connectivity index (χ0) is 19.9. The van der Waals surface area contributed by atoms with Crippen molar-refractivity contribution in [3.63, 3.8) is 0 Å². The fourth-order valence-electron chi connectivity index (χ4n) is 3.06. The molecule has 2 rings (SSSR count). The number of rotatable bonds is 9. The van der Waals surface area contributed by atoms with E-state index in [9.17, 15) is 19.1 Å². The molecule has 148 valence electrons. The maximum Gasteiger partial charge on any atom is 0.334 e. The molecule has 1 saturated heterocycles. The molecule has 0 spiro atoms. The molecule has 0 aliphatic carbocycles. The van der Waals surface area contributed by atoms with E-state index in [1.165, 1.54) is 12.1 Å². The largest absolute Gasteiger partial charge is 0.461 e. The molecule has 1 aliphatic rings. The molecule has 2 atom stereocenters. The van der Waals surface area contributed by atoms with Crippen molar-refractivity contribution >= 4 is 18.0 Å². The van der Waals surface area contributed by atoms with E-state index in [1.807, 2.05) is 6.92 Å². The van der Waals surface area contributed by atoms with E-state index in [-0.39, 0.29) is 30.7 Å². The van der Waals surface area contributed by atoms with E-state index in [0.717, 1.165) is 19.3 Å². The number of benzene rings is 1. The van der Waals surface area contributed by atoms with Gasteiger partial charge in [-0.2, -0.15) is 0 Å². The number of aliphatic hydroxyl groups excluding tert-OH is 1. The molecule has 1 heterocycles. The maximum atomic E-state index is 13.0. The highest BCUT2D eigenvalue weighted by molar-refractivity contribution is 5.96. The fraction of sp³-hybridized carbons (Fsp3) is 0.524. The number of carbonyl (C=O) groups is 2. The summed E-state index contributed by atoms with van der Waals surface area (Å²) in [5.74, 6) is -1.45. The van der Waals surface area contributed by atoms with Crippen LogP contribution in [0.4, 0.5) is 4.39 Å². The topological polar surface area (TPSA) is 72.8 Å². The molecule has 5 nitrogen and oxygen atoms in total. The third kappa shape index (κ3) is 5.63. The van der Waals surface area contributed by atoms with E-state index in [0.29, 0.717) is 17.6 Å². The first kappa shape index (κ1) is 21.1. The van der Waals surface area contributed by atoms with Crippen LogP contribution in [0.15, 0.2) is 29.8 Å². The van der Waals surface area contributed by atoms with Crippen LogP contribution in [0.1, 0.15) is 51.5 Å². The predicted octanol–water partition coefficient (Wildman–Crippen LogP) is 3.65. The van der Waals surface area contributed by atoms with Gasteiger partial charge in [-0.1, -0.05) is 38.8 Å². The van der Waals surface area contributed by atoms with E-state index in [2.05, 4.69) is 6.92 Å². The zero-order valence-electron chi connectivity index (χ0n) is 15.9. The Bertz CT molecular complexity index is 682. The lowest BCUT2D eigenvalue weighted by Gasteiger charge is -2.25. The molecule has 0 saturated carbocycles. The van der Waals surface area contributed by atoms with Gasteiger partial charge in [-0.05, 0) is 36.6 Å². The van der Waals surface area contributed by atoms with Gasteiger partial charge in [-0.3, -0.25) is 4.79 Å². The molecule has 1 N–H and O–H groups in total. The fourth-order valence-corrected chi connectivity index (χ4v) is 3.06. The third-order valence-corrected chi connectivity index (χ3v) is 4.79. The summed E-state index contributed by atoms with van der Waals surface area (Å²) in [5.41, 5.74) is -0.258. The number of esters is 2. The molecule has 0 aromatic heterocycles. The summed E-state index contributed by atoms with van der Waals surface area (Å²) in [5, 5.41) is 9.76. The van der Waals surface area contributed by atoms with Gasteiger partial charge in [0, 0.05) is 12.0 Å². The Kier molecular flexibility index (Phi) is 7.54. The molecule has 1 aromatic rings. The van der Waals surface area contributed by atoms with Gasteiger partial charge >= 0.3 is 11.9 Å². The van der Waals surface area contributed by atoms with Crippen LogP contribution in [0.5, 0.6) is 0 Å². The molecule has 6 heteroatoms. The normalized spacial score (nSPS) is 21.9. The molecule has 1 aliphatic heterocycles. The minimum absolute atomic E-state index is 0.124. The molecule has 1 aromatic carbocycles. The van der Waals surface area contributed by atoms with Gasteiger partial charge in [0.15, 0.2) is 5.60 Å². The highest BCUT2D eigenvalue weighted by Crippen LogP contribution is 2.32. The first-order valence-electron chi connectivity index (χ1n) is 9.40. The smallest absolute Gasteiger partial charge is 0.334 e. The van der Waals surface area contributed by atoms with Crippen LogP contribution in [0.2, 0.25) is 0 Å². The number of halogens is 1. The summed E-state index contributed by atoms with van der Waals surface area (Å²) in [4.78, 5) is 24.5. The quantitative estimate of drug-likeness (QED) is 0.525. The van der Waals surface area contributed by atoms with Gasteiger partial charge in [-0.15, -0.1) is 0 Å². The van der Waals surface area contributed by atoms with Crippen LogP contribution < -0.4 is 0 Å². The lowest BCUT2D eigenvalue weighted by atomic mass is 9.97. The van der Waals surface area contributed by atoms with Crippen molar-refractivity contribution in [3.05, 3.63) is 41.2 Å². The number of hydrogen-bond acceptors (Lipinski definition) is 5. The van der Waals surface area contributed by atoms with Gasteiger partial charge in [-0.25, -0.2) is 9.18 Å². The van der Waals surface area contributed by atoms with E-state index < -0.39 is 18.2 Å². The summed E-state index contributed by atoms with van der Waals surface area (Å²) >= 11 is 0. The van der Waals surface area contributed by atoms with Gasteiger partial charge in [0.25, 0.3) is 0 Å². The number of ether oxygens (including phenoxy) is 2. The summed E-state index contributed by atoms with van der Waals surface area (Å²) in [6.07, 6.45) is 5.10. The van der Waals surface area contributed by atoms with Crippen LogP contribution in [-0.2, 0) is 19.1 Å². The highest BCUT2D eigenvalue weighted by Gasteiger charge is 2.44. The van der Waals surface area contributed by atoms with Crippen molar-refractivity contribution in [1.82, 2.24) is 0 Å². The van der Waals surface area contributed by atoms with Crippen LogP contribution >= 0.6 is 0 Å². The Morgan fingerprint density at radius 3 is 2.67 bits per heavy atom. The lowest BCUT2D eigenvalue weighted by Crippen LogP contribution is -2.40. The van der Waals surface area contributed by atoms with Crippen molar-refractivity contribution < 1.29 is 28.6 Å². The van der Waals surface area contributed by atoms with Gasteiger partial charge in [0.1, 0.15) is 12.4 Å². The van der Waals surface area contributed by atoms with Crippen LogP contribution in [-0.4, -0.2) is 35.9 Å². The van der Waals surface area contributed by atoms with E-state index >= 15 is 0 Å². The Labute approximate surface area is 159 Å². The second kappa shape index (κ2) is 9.65. The standard InChI is InChI=1S/C21H27FO5/c1-3-5-6-16(4-2)19(24)26-14-21(13-23)12-17(20(25)27-21)11-15-7-9-18(22)10-8-15/h7-11,16,23H,3-6,12-14H2,1-2H3/b17-11+. The van der Waals surface area contributed by atoms with Crippen molar-refractivity contribution in [2.45, 2.75) is 51.6 Å². The van der Waals surface area contributed by atoms with Crippen molar-refractivity contribution in [2.75, 3.05) is 13.2 Å². The maximum absolute atomic E-state index is 13.0. The molecule has 2 unspecified atom stereocenters. The molecule has 0 radical (unpaired) electrons. The molecule has 1 fully saturated rings. The predicted molar refractivity (Wildman–Crippen MR) is 99.2 cm³/mol. The zero-order valence-corrected chi connectivity index (χ0v) is 15.9. The molecule has 27 heavy (non-hydrogen) atoms. The summed E-state index contributed by atoms with van der Waals surface area (Å²) < 4.78 is 23.7. The Balaban J connectivity index is 2.03. The lowest BCUT2D eigenvalue weighted by molar-refractivity contribution is -0.169. The monoisotopic (exact) mass is 378 g/mol. The summed E-state index contributed by atoms with van der Waals surface area (Å²) in [6.45, 7) is 3.37. The Hall–Kier alpha value is -2.21. The number of unbranched alkanes of at least 4 members (excludes halogenated alkanes) is 1. The van der Waals surface area contributed by atoms with Crippen molar-refractivity contribution in [3.8, 4) is 0 Å². The van der Waals surface area contributed by atoms with Gasteiger partial charge in [0.2, 0.25) is 0 Å². The Morgan fingerprint density at radius 1 is 1.37 bits per heavy atom. The van der Waals surface area contributed by atoms with Crippen molar-refractivity contribution in [2.24, 2.45) is 5.92 Å². The average molecular weight is 378 g/mol. The summed E-state index contributed by atoms with van der Waals surface area (Å²) in [6, 6.07) is 5.70. The summed E-state index contributed by atoms with van der Waals surface area (Å²) in [7, 11) is 0. The van der Waals surface area contributed by atoms with Gasteiger partial charge in [0.05, 0.1) is 12.5 Å². The van der Waals surface area contributed by atoms with Crippen LogP contribution in [0.3, 0.4) is 0 Å². The number of carbonyl (C=O) groups excluding carboxylic acids is 2. The second-order valence-corrected chi connectivity index (χ2v) is 6.98. The van der Waals surface area contributed by atoms with Crippen molar-refractivity contribution in [1.29, 1.82) is 0 Å². The van der Waals surface area contributed by atoms with Gasteiger partial charge < -0.3 is 14.6 Å². The SMILES string of the molecule is CCCCC(CC)C(=O)OCC1(CO)C/C(=C\c2ccc(F)cc2)C(=O)O1. The molecular formula is C21H27FO5. The van der Waals surface area contributed by atoms with E-state index in [4.69, 9.17) is 9.47 Å². The first-order valence-corrected chi connectivity index (χ1v) is 9.40. The number of cyclic esters (lactones) is 1. The Morgan fingerprint density at radius 2 is 2.07 bits per heavy atom. The highest BCUT2D eigenvalue weighted by atomic mass is 19.1. The third-order valence-electron chi connectivity index (χ3n) is 4.79. The first-order chi connectivity index (χ1) is 12.9. The molecule has 0 amide bonds. The van der Waals surface area contributed by atoms with E-state index in [1.54, 1.807) is 18.2 Å². The minimum atomic E-state index is -1.26. The number of hydrogen-bond donors (Lipinski definition) is 1. The number of aliphatic hydroxyl groups is 1. The van der Waals surface area contributed by atoms with Crippen LogP contribution in [0.25, 0.3) is 6.08 Å². The average Bonchev–Trinajstić information content (AvgIpc) is 2.98. The molecular weight excluding hydrogens is 351 g/mol. The van der Waals surface area contributed by atoms with Crippen LogP contribution in [0, 0.1) is 11.7 Å².